The van der Waals surface area contributed by atoms with Crippen molar-refractivity contribution in [1.82, 2.24) is 15.1 Å². The third-order valence-corrected chi connectivity index (χ3v) is 5.09. The number of carbonyl (C=O) groups excluding carboxylic acids is 2. The summed E-state index contributed by atoms with van der Waals surface area (Å²) < 4.78 is 0. The number of nitrogens with zero attached hydrogens (tertiary/aromatic N) is 2. The van der Waals surface area contributed by atoms with Gasteiger partial charge >= 0.3 is 6.03 Å². The molecule has 5 nitrogen and oxygen atoms in total. The Bertz CT molecular complexity index is 386. The van der Waals surface area contributed by atoms with E-state index in [1.54, 1.807) is 0 Å². The van der Waals surface area contributed by atoms with Crippen LogP contribution >= 0.6 is 0 Å². The van der Waals surface area contributed by atoms with Gasteiger partial charge < -0.3 is 15.1 Å². The van der Waals surface area contributed by atoms with Crippen LogP contribution in [-0.2, 0) is 4.79 Å². The van der Waals surface area contributed by atoms with Crippen molar-refractivity contribution in [3.05, 3.63) is 0 Å². The number of unbranched alkanes of at least 4 members (excludes halogenated alkanes) is 1. The number of nitrogens with one attached hydrogen (secondary N) is 1. The van der Waals surface area contributed by atoms with Gasteiger partial charge in [-0.15, -0.1) is 0 Å². The van der Waals surface area contributed by atoms with Gasteiger partial charge in [-0.25, -0.2) is 4.79 Å². The van der Waals surface area contributed by atoms with Crippen LogP contribution in [0.25, 0.3) is 0 Å². The van der Waals surface area contributed by atoms with Crippen LogP contribution in [0.3, 0.4) is 0 Å². The Morgan fingerprint density at radius 2 is 2.18 bits per heavy atom. The van der Waals surface area contributed by atoms with Crippen molar-refractivity contribution in [2.45, 2.75) is 64.8 Å². The summed E-state index contributed by atoms with van der Waals surface area (Å²) in [5.74, 6) is 0.801. The molecule has 0 aliphatic carbocycles. The lowest BCUT2D eigenvalue weighted by Crippen LogP contribution is -2.50. The molecule has 126 valence electrons. The number of rotatable bonds is 7. The third-order valence-electron chi connectivity index (χ3n) is 5.09. The highest BCUT2D eigenvalue weighted by Crippen LogP contribution is 2.22. The van der Waals surface area contributed by atoms with E-state index in [0.717, 1.165) is 51.9 Å². The molecule has 22 heavy (non-hydrogen) atoms. The van der Waals surface area contributed by atoms with E-state index in [1.807, 2.05) is 9.80 Å². The van der Waals surface area contributed by atoms with Gasteiger partial charge in [0, 0.05) is 32.6 Å². The Hall–Kier alpha value is -1.26. The molecule has 2 rings (SSSR count). The van der Waals surface area contributed by atoms with Gasteiger partial charge in [0.1, 0.15) is 0 Å². The van der Waals surface area contributed by atoms with Crippen molar-refractivity contribution in [2.24, 2.45) is 5.92 Å². The average molecular weight is 309 g/mol. The summed E-state index contributed by atoms with van der Waals surface area (Å²) in [7, 11) is 0. The van der Waals surface area contributed by atoms with Gasteiger partial charge in [0.05, 0.1) is 6.04 Å². The number of piperidine rings is 1. The van der Waals surface area contributed by atoms with Crippen molar-refractivity contribution in [3.8, 4) is 0 Å². The first-order chi connectivity index (χ1) is 10.7. The molecule has 2 unspecified atom stereocenters. The van der Waals surface area contributed by atoms with E-state index in [2.05, 4.69) is 19.2 Å². The summed E-state index contributed by atoms with van der Waals surface area (Å²) >= 11 is 0. The molecule has 5 heteroatoms. The minimum atomic E-state index is 0.0358. The van der Waals surface area contributed by atoms with E-state index >= 15 is 0 Å². The molecule has 0 aromatic carbocycles. The van der Waals surface area contributed by atoms with Crippen LogP contribution in [0.1, 0.15) is 58.8 Å². The van der Waals surface area contributed by atoms with Crippen LogP contribution in [0.5, 0.6) is 0 Å². The highest BCUT2D eigenvalue weighted by Gasteiger charge is 2.33. The molecule has 0 aromatic heterocycles. The monoisotopic (exact) mass is 309 g/mol. The number of amides is 3. The van der Waals surface area contributed by atoms with Gasteiger partial charge in [0.25, 0.3) is 0 Å². The van der Waals surface area contributed by atoms with E-state index in [-0.39, 0.29) is 18.0 Å². The van der Waals surface area contributed by atoms with Gasteiger partial charge in [-0.2, -0.15) is 0 Å². The lowest BCUT2D eigenvalue weighted by molar-refractivity contribution is -0.134. The summed E-state index contributed by atoms with van der Waals surface area (Å²) in [6, 6.07) is 0.240. The zero-order valence-electron chi connectivity index (χ0n) is 14.1. The Kier molecular flexibility index (Phi) is 6.52. The van der Waals surface area contributed by atoms with Gasteiger partial charge in [-0.05, 0) is 25.2 Å². The standard InChI is InChI=1S/C17H31N3O2/c1-3-5-7-14(4-2)12-16(21)19-10-6-8-15(13-19)20-11-9-18-17(20)22/h14-15H,3-13H2,1-2H3,(H,18,22). The zero-order chi connectivity index (χ0) is 15.9. The highest BCUT2D eigenvalue weighted by atomic mass is 16.2. The smallest absolute Gasteiger partial charge is 0.317 e. The minimum Gasteiger partial charge on any atom is -0.341 e. The molecule has 2 aliphatic heterocycles. The van der Waals surface area contributed by atoms with Crippen LogP contribution in [0.2, 0.25) is 0 Å². The van der Waals surface area contributed by atoms with E-state index < -0.39 is 0 Å². The van der Waals surface area contributed by atoms with Crippen LogP contribution in [-0.4, -0.2) is 54.0 Å². The molecular weight excluding hydrogens is 278 g/mol. The maximum Gasteiger partial charge on any atom is 0.317 e. The second-order valence-electron chi connectivity index (χ2n) is 6.68. The average Bonchev–Trinajstić information content (AvgIpc) is 2.97. The molecule has 1 N–H and O–H groups in total. The van der Waals surface area contributed by atoms with E-state index in [0.29, 0.717) is 12.3 Å². The molecule has 0 saturated carbocycles. The van der Waals surface area contributed by atoms with Gasteiger partial charge in [-0.3, -0.25) is 4.79 Å². The number of urea groups is 1. The molecule has 2 heterocycles. The van der Waals surface area contributed by atoms with E-state index in [4.69, 9.17) is 0 Å². The van der Waals surface area contributed by atoms with Crippen LogP contribution in [0, 0.1) is 5.92 Å². The Labute approximate surface area is 134 Å². The fourth-order valence-corrected chi connectivity index (χ4v) is 3.59. The quantitative estimate of drug-likeness (QED) is 0.786. The summed E-state index contributed by atoms with van der Waals surface area (Å²) in [6.07, 6.45) is 7.34. The summed E-state index contributed by atoms with van der Waals surface area (Å²) in [5, 5.41) is 2.86. The predicted octanol–water partition coefficient (Wildman–Crippen LogP) is 2.61. The van der Waals surface area contributed by atoms with Crippen molar-refractivity contribution in [3.63, 3.8) is 0 Å². The van der Waals surface area contributed by atoms with E-state index in [9.17, 15) is 9.59 Å². The lowest BCUT2D eigenvalue weighted by atomic mass is 9.94. The number of carbonyl (C=O) groups is 2. The zero-order valence-corrected chi connectivity index (χ0v) is 14.1. The molecule has 0 spiro atoms. The molecule has 2 fully saturated rings. The van der Waals surface area contributed by atoms with Crippen molar-refractivity contribution in [2.75, 3.05) is 26.2 Å². The molecule has 2 aliphatic rings. The Morgan fingerprint density at radius 3 is 2.82 bits per heavy atom. The molecule has 0 aromatic rings. The first-order valence-electron chi connectivity index (χ1n) is 8.97. The molecular formula is C17H31N3O2. The molecule has 2 saturated heterocycles. The van der Waals surface area contributed by atoms with Crippen molar-refractivity contribution < 1.29 is 9.59 Å². The minimum absolute atomic E-state index is 0.0358. The maximum atomic E-state index is 12.6. The van der Waals surface area contributed by atoms with Gasteiger partial charge in [-0.1, -0.05) is 33.1 Å². The first-order valence-corrected chi connectivity index (χ1v) is 8.97. The summed E-state index contributed by atoms with van der Waals surface area (Å²) in [6.45, 7) is 7.47. The van der Waals surface area contributed by atoms with Crippen LogP contribution in [0.15, 0.2) is 0 Å². The molecule has 2 atom stereocenters. The molecule has 0 radical (unpaired) electrons. The molecule has 0 bridgehead atoms. The van der Waals surface area contributed by atoms with Crippen LogP contribution < -0.4 is 5.32 Å². The topological polar surface area (TPSA) is 52.7 Å². The Morgan fingerprint density at radius 1 is 1.36 bits per heavy atom. The SMILES string of the molecule is CCCCC(CC)CC(=O)N1CCCC(N2CCNC2=O)C1. The highest BCUT2D eigenvalue weighted by molar-refractivity contribution is 5.78. The predicted molar refractivity (Wildman–Crippen MR) is 87.6 cm³/mol. The van der Waals surface area contributed by atoms with Crippen LogP contribution in [0.4, 0.5) is 4.79 Å². The lowest BCUT2D eigenvalue weighted by Gasteiger charge is -2.37. The Balaban J connectivity index is 1.85. The summed E-state index contributed by atoms with van der Waals surface area (Å²) in [4.78, 5) is 28.3. The number of hydrogen-bond acceptors (Lipinski definition) is 2. The summed E-state index contributed by atoms with van der Waals surface area (Å²) in [5.41, 5.74) is 0. The molecule has 3 amide bonds. The van der Waals surface area contributed by atoms with E-state index in [1.165, 1.54) is 12.8 Å². The second-order valence-corrected chi connectivity index (χ2v) is 6.68. The van der Waals surface area contributed by atoms with Gasteiger partial charge in [0.15, 0.2) is 0 Å². The maximum absolute atomic E-state index is 12.6. The first kappa shape index (κ1) is 17.1. The van der Waals surface area contributed by atoms with Gasteiger partial charge in [0.2, 0.25) is 5.91 Å². The second kappa shape index (κ2) is 8.39. The van der Waals surface area contributed by atoms with Crippen molar-refractivity contribution in [1.29, 1.82) is 0 Å². The fraction of sp³-hybridized carbons (Fsp3) is 0.882. The largest absolute Gasteiger partial charge is 0.341 e. The normalized spacial score (nSPS) is 23.5. The number of likely N-dealkylation sites (tertiary alicyclic amines) is 1. The third kappa shape index (κ3) is 4.37. The van der Waals surface area contributed by atoms with Crippen molar-refractivity contribution >= 4 is 11.9 Å². The number of hydrogen-bond donors (Lipinski definition) is 1. The fourth-order valence-electron chi connectivity index (χ4n) is 3.59.